The van der Waals surface area contributed by atoms with Crippen molar-refractivity contribution in [3.63, 3.8) is 0 Å². The van der Waals surface area contributed by atoms with Gasteiger partial charge in [-0.2, -0.15) is 4.99 Å². The smallest absolute Gasteiger partial charge is 0.242 e. The first-order valence-electron chi connectivity index (χ1n) is 7.32. The van der Waals surface area contributed by atoms with Crippen LogP contribution in [0.4, 0.5) is 10.8 Å². The summed E-state index contributed by atoms with van der Waals surface area (Å²) in [6.45, 7) is 1.93. The van der Waals surface area contributed by atoms with E-state index >= 15 is 0 Å². The van der Waals surface area contributed by atoms with Crippen LogP contribution in [0.3, 0.4) is 0 Å². The van der Waals surface area contributed by atoms with E-state index in [0.717, 1.165) is 11.3 Å². The van der Waals surface area contributed by atoms with Gasteiger partial charge in [0.25, 0.3) is 0 Å². The number of hydrogen-bond acceptors (Lipinski definition) is 6. The molecule has 8 heteroatoms. The van der Waals surface area contributed by atoms with Crippen molar-refractivity contribution in [3.05, 3.63) is 41.4 Å². The Labute approximate surface area is 148 Å². The second-order valence-corrected chi connectivity index (χ2v) is 7.32. The van der Waals surface area contributed by atoms with E-state index in [4.69, 9.17) is 0 Å². The van der Waals surface area contributed by atoms with Gasteiger partial charge in [0, 0.05) is 30.7 Å². The summed E-state index contributed by atoms with van der Waals surface area (Å²) in [4.78, 5) is 34.5. The molecule has 0 spiro atoms. The van der Waals surface area contributed by atoms with Crippen LogP contribution in [0.5, 0.6) is 0 Å². The molecule has 3 rings (SSSR count). The number of carbonyl (C=O) groups is 2. The highest BCUT2D eigenvalue weighted by Crippen LogP contribution is 2.31. The molecule has 1 atom stereocenters. The lowest BCUT2D eigenvalue weighted by atomic mass is 10.2. The first-order chi connectivity index (χ1) is 11.5. The number of aliphatic imine (C=N–C) groups is 1. The van der Waals surface area contributed by atoms with Gasteiger partial charge >= 0.3 is 0 Å². The summed E-state index contributed by atoms with van der Waals surface area (Å²) in [5, 5.41) is 5.40. The highest BCUT2D eigenvalue weighted by Gasteiger charge is 2.37. The number of amidine groups is 1. The molecule has 1 aliphatic rings. The zero-order valence-electron chi connectivity index (χ0n) is 13.2. The van der Waals surface area contributed by atoms with Crippen LogP contribution in [-0.4, -0.2) is 39.2 Å². The predicted molar refractivity (Wildman–Crippen MR) is 97.8 cm³/mol. The number of aryl methyl sites for hydroxylation is 1. The third-order valence-electron chi connectivity index (χ3n) is 3.54. The first-order valence-corrected chi connectivity index (χ1v) is 9.08. The van der Waals surface area contributed by atoms with Gasteiger partial charge in [0.2, 0.25) is 16.9 Å². The van der Waals surface area contributed by atoms with Gasteiger partial charge in [0.05, 0.1) is 0 Å². The number of nitrogens with zero attached hydrogens (tertiary/aromatic N) is 3. The molecule has 124 valence electrons. The fraction of sp³-hybridized carbons (Fsp3) is 0.250. The Bertz CT molecular complexity index is 789. The molecule has 1 N–H and O–H groups in total. The molecule has 0 aliphatic carbocycles. The van der Waals surface area contributed by atoms with Gasteiger partial charge in [-0.15, -0.1) is 11.3 Å². The van der Waals surface area contributed by atoms with Crippen LogP contribution in [0.1, 0.15) is 12.0 Å². The quantitative estimate of drug-likeness (QED) is 0.909. The van der Waals surface area contributed by atoms with E-state index in [2.05, 4.69) is 15.3 Å². The Hall–Kier alpha value is -2.19. The highest BCUT2D eigenvalue weighted by molar-refractivity contribution is 8.15. The lowest BCUT2D eigenvalue weighted by Gasteiger charge is -2.10. The molecule has 6 nitrogen and oxygen atoms in total. The van der Waals surface area contributed by atoms with Gasteiger partial charge < -0.3 is 5.32 Å². The number of amides is 2. The van der Waals surface area contributed by atoms with E-state index in [0.29, 0.717) is 10.3 Å². The van der Waals surface area contributed by atoms with Crippen molar-refractivity contribution >= 4 is 50.9 Å². The zero-order chi connectivity index (χ0) is 17.1. The SMILES string of the molecule is Cc1ccccc1NC(=O)CC1SC(=Nc2nccs2)N(C)C1=O. The molecule has 0 saturated carbocycles. The normalized spacial score (nSPS) is 19.1. The average molecular weight is 360 g/mol. The second kappa shape index (κ2) is 7.14. The Morgan fingerprint density at radius 3 is 2.92 bits per heavy atom. The van der Waals surface area contributed by atoms with Crippen LogP contribution in [0.25, 0.3) is 0 Å². The Balaban J connectivity index is 1.66. The summed E-state index contributed by atoms with van der Waals surface area (Å²) < 4.78 is 0. The summed E-state index contributed by atoms with van der Waals surface area (Å²) in [5.74, 6) is -0.297. The average Bonchev–Trinajstić information content (AvgIpc) is 3.15. The highest BCUT2D eigenvalue weighted by atomic mass is 32.2. The van der Waals surface area contributed by atoms with Crippen LogP contribution < -0.4 is 5.32 Å². The van der Waals surface area contributed by atoms with Crippen LogP contribution in [0.2, 0.25) is 0 Å². The second-order valence-electron chi connectivity index (χ2n) is 5.28. The number of para-hydroxylation sites is 1. The Kier molecular flexibility index (Phi) is 4.96. The molecule has 1 aromatic heterocycles. The number of nitrogens with one attached hydrogen (secondary N) is 1. The minimum Gasteiger partial charge on any atom is -0.326 e. The van der Waals surface area contributed by atoms with Crippen molar-refractivity contribution in [1.82, 2.24) is 9.88 Å². The Morgan fingerprint density at radius 1 is 1.42 bits per heavy atom. The molecule has 24 heavy (non-hydrogen) atoms. The number of carbonyl (C=O) groups excluding carboxylic acids is 2. The van der Waals surface area contributed by atoms with Gasteiger partial charge in [-0.25, -0.2) is 4.98 Å². The maximum absolute atomic E-state index is 12.3. The summed E-state index contributed by atoms with van der Waals surface area (Å²) in [6.07, 6.45) is 1.78. The minimum absolute atomic E-state index is 0.110. The van der Waals surface area contributed by atoms with E-state index in [1.807, 2.05) is 36.6 Å². The molecular weight excluding hydrogens is 344 g/mol. The van der Waals surface area contributed by atoms with Crippen molar-refractivity contribution < 1.29 is 9.59 Å². The molecule has 1 unspecified atom stereocenters. The van der Waals surface area contributed by atoms with Crippen molar-refractivity contribution in [3.8, 4) is 0 Å². The van der Waals surface area contributed by atoms with Crippen LogP contribution in [0, 0.1) is 6.92 Å². The largest absolute Gasteiger partial charge is 0.326 e. The fourth-order valence-corrected chi connectivity index (χ4v) is 3.93. The van der Waals surface area contributed by atoms with Crippen LogP contribution in [-0.2, 0) is 9.59 Å². The molecule has 2 heterocycles. The lowest BCUT2D eigenvalue weighted by Crippen LogP contribution is -2.30. The maximum atomic E-state index is 12.3. The van der Waals surface area contributed by atoms with Gasteiger partial charge in [0.1, 0.15) is 5.25 Å². The molecule has 0 radical (unpaired) electrons. The van der Waals surface area contributed by atoms with E-state index in [9.17, 15) is 9.59 Å². The number of thiazole rings is 1. The molecule has 1 saturated heterocycles. The lowest BCUT2D eigenvalue weighted by molar-refractivity contribution is -0.127. The zero-order valence-corrected chi connectivity index (χ0v) is 14.9. The van der Waals surface area contributed by atoms with Crippen molar-refractivity contribution in [1.29, 1.82) is 0 Å². The van der Waals surface area contributed by atoms with Crippen molar-refractivity contribution in [2.45, 2.75) is 18.6 Å². The van der Waals surface area contributed by atoms with E-state index in [-0.39, 0.29) is 18.2 Å². The van der Waals surface area contributed by atoms with Crippen LogP contribution in [0.15, 0.2) is 40.8 Å². The molecule has 0 bridgehead atoms. The van der Waals surface area contributed by atoms with Gasteiger partial charge in [0.15, 0.2) is 5.17 Å². The molecule has 1 aliphatic heterocycles. The minimum atomic E-state index is -0.460. The number of aromatic nitrogens is 1. The number of thioether (sulfide) groups is 1. The molecule has 1 fully saturated rings. The maximum Gasteiger partial charge on any atom is 0.242 e. The number of anilines is 1. The molecule has 2 amide bonds. The standard InChI is InChI=1S/C16H16N4O2S2/c1-10-5-3-4-6-11(10)18-13(21)9-12-14(22)20(2)16(24-12)19-15-17-7-8-23-15/h3-8,12H,9H2,1-2H3,(H,18,21). The predicted octanol–water partition coefficient (Wildman–Crippen LogP) is 3.04. The topological polar surface area (TPSA) is 74.7 Å². The first kappa shape index (κ1) is 16.7. The van der Waals surface area contributed by atoms with Gasteiger partial charge in [-0.1, -0.05) is 30.0 Å². The number of rotatable bonds is 4. The number of hydrogen-bond donors (Lipinski definition) is 1. The molecule has 2 aromatic rings. The van der Waals surface area contributed by atoms with Gasteiger partial charge in [-0.3, -0.25) is 14.5 Å². The fourth-order valence-electron chi connectivity index (χ4n) is 2.23. The molecular formula is C16H16N4O2S2. The monoisotopic (exact) mass is 360 g/mol. The van der Waals surface area contributed by atoms with Gasteiger partial charge in [-0.05, 0) is 18.6 Å². The summed E-state index contributed by atoms with van der Waals surface area (Å²) >= 11 is 2.70. The summed E-state index contributed by atoms with van der Waals surface area (Å²) in [7, 11) is 1.67. The van der Waals surface area contributed by atoms with Crippen molar-refractivity contribution in [2.24, 2.45) is 4.99 Å². The van der Waals surface area contributed by atoms with E-state index in [1.165, 1.54) is 28.0 Å². The van der Waals surface area contributed by atoms with E-state index < -0.39 is 5.25 Å². The third-order valence-corrected chi connectivity index (χ3v) is 5.44. The Morgan fingerprint density at radius 2 is 2.21 bits per heavy atom. The summed E-state index contributed by atoms with van der Waals surface area (Å²) in [6, 6.07) is 7.55. The van der Waals surface area contributed by atoms with E-state index in [1.54, 1.807) is 13.2 Å². The third kappa shape index (κ3) is 3.65. The number of benzene rings is 1. The van der Waals surface area contributed by atoms with Crippen LogP contribution >= 0.6 is 23.1 Å². The molecule has 1 aromatic carbocycles. The summed E-state index contributed by atoms with van der Waals surface area (Å²) in [5.41, 5.74) is 1.75. The van der Waals surface area contributed by atoms with Crippen molar-refractivity contribution in [2.75, 3.05) is 12.4 Å².